The molecule has 1 aliphatic carbocycles. The SMILES string of the molecule is Nc1ccc(F)cc1C(=O)N[C@@H]1CCCC[C@H]1O. The number of rotatable bonds is 2. The molecule has 1 amide bonds. The number of nitrogens with one attached hydrogen (secondary N) is 1. The first kappa shape index (κ1) is 12.8. The summed E-state index contributed by atoms with van der Waals surface area (Å²) in [5.74, 6) is -0.934. The molecule has 5 heteroatoms. The van der Waals surface area contributed by atoms with E-state index in [1.54, 1.807) is 0 Å². The maximum atomic E-state index is 13.1. The molecular weight excluding hydrogens is 235 g/mol. The molecule has 18 heavy (non-hydrogen) atoms. The topological polar surface area (TPSA) is 75.4 Å². The van der Waals surface area contributed by atoms with Gasteiger partial charge in [-0.15, -0.1) is 0 Å². The lowest BCUT2D eigenvalue weighted by Gasteiger charge is -2.28. The fourth-order valence-electron chi connectivity index (χ4n) is 2.25. The molecule has 1 fully saturated rings. The van der Waals surface area contributed by atoms with Crippen molar-refractivity contribution < 1.29 is 14.3 Å². The van der Waals surface area contributed by atoms with Gasteiger partial charge in [-0.05, 0) is 31.0 Å². The third-order valence-electron chi connectivity index (χ3n) is 3.31. The predicted octanol–water partition coefficient (Wildman–Crippen LogP) is 1.44. The molecule has 2 atom stereocenters. The Morgan fingerprint density at radius 1 is 1.39 bits per heavy atom. The van der Waals surface area contributed by atoms with Crippen LogP contribution in [0.1, 0.15) is 36.0 Å². The molecule has 1 saturated carbocycles. The Labute approximate surface area is 105 Å². The second kappa shape index (κ2) is 5.35. The van der Waals surface area contributed by atoms with Crippen LogP contribution in [-0.4, -0.2) is 23.2 Å². The summed E-state index contributed by atoms with van der Waals surface area (Å²) >= 11 is 0. The number of aliphatic hydroxyl groups is 1. The van der Waals surface area contributed by atoms with Crippen LogP contribution < -0.4 is 11.1 Å². The second-order valence-corrected chi connectivity index (χ2v) is 4.66. The number of nitrogen functional groups attached to an aromatic ring is 1. The predicted molar refractivity (Wildman–Crippen MR) is 66.5 cm³/mol. The van der Waals surface area contributed by atoms with Crippen molar-refractivity contribution in [1.82, 2.24) is 5.32 Å². The minimum atomic E-state index is -0.530. The van der Waals surface area contributed by atoms with Crippen LogP contribution in [0.5, 0.6) is 0 Å². The first-order valence-corrected chi connectivity index (χ1v) is 6.12. The lowest BCUT2D eigenvalue weighted by atomic mass is 9.92. The van der Waals surface area contributed by atoms with Gasteiger partial charge in [0.2, 0.25) is 0 Å². The van der Waals surface area contributed by atoms with E-state index in [1.165, 1.54) is 12.1 Å². The maximum Gasteiger partial charge on any atom is 0.253 e. The number of carbonyl (C=O) groups excluding carboxylic acids is 1. The molecule has 0 aromatic heterocycles. The molecule has 4 nitrogen and oxygen atoms in total. The van der Waals surface area contributed by atoms with E-state index in [4.69, 9.17) is 5.73 Å². The lowest BCUT2D eigenvalue weighted by molar-refractivity contribution is 0.0717. The van der Waals surface area contributed by atoms with Gasteiger partial charge in [-0.3, -0.25) is 4.79 Å². The van der Waals surface area contributed by atoms with Crippen LogP contribution in [0.3, 0.4) is 0 Å². The highest BCUT2D eigenvalue weighted by molar-refractivity contribution is 5.99. The summed E-state index contributed by atoms with van der Waals surface area (Å²) < 4.78 is 13.1. The van der Waals surface area contributed by atoms with Gasteiger partial charge in [0.1, 0.15) is 5.82 Å². The van der Waals surface area contributed by atoms with Crippen molar-refractivity contribution in [2.45, 2.75) is 37.8 Å². The molecule has 0 saturated heterocycles. The van der Waals surface area contributed by atoms with E-state index < -0.39 is 17.8 Å². The number of hydrogen-bond acceptors (Lipinski definition) is 3. The second-order valence-electron chi connectivity index (χ2n) is 4.66. The van der Waals surface area contributed by atoms with E-state index in [9.17, 15) is 14.3 Å². The van der Waals surface area contributed by atoms with Crippen molar-refractivity contribution in [1.29, 1.82) is 0 Å². The smallest absolute Gasteiger partial charge is 0.253 e. The normalized spacial score (nSPS) is 23.7. The highest BCUT2D eigenvalue weighted by Crippen LogP contribution is 2.20. The van der Waals surface area contributed by atoms with Gasteiger partial charge < -0.3 is 16.2 Å². The fraction of sp³-hybridized carbons (Fsp3) is 0.462. The van der Waals surface area contributed by atoms with Crippen LogP contribution in [0.2, 0.25) is 0 Å². The van der Waals surface area contributed by atoms with Crippen LogP contribution >= 0.6 is 0 Å². The van der Waals surface area contributed by atoms with Gasteiger partial charge in [0.05, 0.1) is 17.7 Å². The molecule has 0 radical (unpaired) electrons. The molecule has 0 unspecified atom stereocenters. The average molecular weight is 252 g/mol. The summed E-state index contributed by atoms with van der Waals surface area (Å²) in [5.41, 5.74) is 5.99. The minimum Gasteiger partial charge on any atom is -0.398 e. The number of halogens is 1. The summed E-state index contributed by atoms with van der Waals surface area (Å²) in [7, 11) is 0. The van der Waals surface area contributed by atoms with Gasteiger partial charge in [0.15, 0.2) is 0 Å². The Bertz CT molecular complexity index is 451. The van der Waals surface area contributed by atoms with Crippen molar-refractivity contribution in [3.8, 4) is 0 Å². The van der Waals surface area contributed by atoms with Gasteiger partial charge in [0, 0.05) is 5.69 Å². The van der Waals surface area contributed by atoms with E-state index >= 15 is 0 Å². The van der Waals surface area contributed by atoms with Crippen LogP contribution in [-0.2, 0) is 0 Å². The summed E-state index contributed by atoms with van der Waals surface area (Å²) in [4.78, 5) is 12.0. The molecule has 1 aromatic rings. The monoisotopic (exact) mass is 252 g/mol. The number of anilines is 1. The summed E-state index contributed by atoms with van der Waals surface area (Å²) in [6, 6.07) is 3.41. The third-order valence-corrected chi connectivity index (χ3v) is 3.31. The Balaban J connectivity index is 2.09. The maximum absolute atomic E-state index is 13.1. The van der Waals surface area contributed by atoms with E-state index in [1.807, 2.05) is 0 Å². The van der Waals surface area contributed by atoms with Crippen LogP contribution in [0.15, 0.2) is 18.2 Å². The van der Waals surface area contributed by atoms with Crippen molar-refractivity contribution in [3.05, 3.63) is 29.6 Å². The Morgan fingerprint density at radius 3 is 2.83 bits per heavy atom. The van der Waals surface area contributed by atoms with Gasteiger partial charge in [-0.2, -0.15) is 0 Å². The number of benzene rings is 1. The molecule has 98 valence electrons. The molecule has 0 spiro atoms. The number of hydrogen-bond donors (Lipinski definition) is 3. The standard InChI is InChI=1S/C13H17FN2O2/c14-8-5-6-10(15)9(7-8)13(18)16-11-3-1-2-4-12(11)17/h5-7,11-12,17H,1-4,15H2,(H,16,18)/t11-,12-/m1/s1. The highest BCUT2D eigenvalue weighted by atomic mass is 19.1. The van der Waals surface area contributed by atoms with Gasteiger partial charge >= 0.3 is 0 Å². The largest absolute Gasteiger partial charge is 0.398 e. The fourth-order valence-corrected chi connectivity index (χ4v) is 2.25. The van der Waals surface area contributed by atoms with Gasteiger partial charge in [0.25, 0.3) is 5.91 Å². The molecule has 0 bridgehead atoms. The number of carbonyl (C=O) groups is 1. The number of nitrogens with two attached hydrogens (primary N) is 1. The van der Waals surface area contributed by atoms with Crippen molar-refractivity contribution >= 4 is 11.6 Å². The zero-order chi connectivity index (χ0) is 13.1. The zero-order valence-electron chi connectivity index (χ0n) is 10.0. The van der Waals surface area contributed by atoms with Gasteiger partial charge in [-0.1, -0.05) is 12.8 Å². The van der Waals surface area contributed by atoms with Crippen LogP contribution in [0, 0.1) is 5.82 Å². The Kier molecular flexibility index (Phi) is 3.81. The molecule has 0 aliphatic heterocycles. The lowest BCUT2D eigenvalue weighted by Crippen LogP contribution is -2.45. The third kappa shape index (κ3) is 2.79. The quantitative estimate of drug-likeness (QED) is 0.697. The molecule has 0 heterocycles. The van der Waals surface area contributed by atoms with E-state index in [-0.39, 0.29) is 17.3 Å². The summed E-state index contributed by atoms with van der Waals surface area (Å²) in [5, 5.41) is 12.5. The summed E-state index contributed by atoms with van der Waals surface area (Å²) in [6.07, 6.45) is 2.83. The van der Waals surface area contributed by atoms with Crippen molar-refractivity contribution in [3.63, 3.8) is 0 Å². The molecule has 2 rings (SSSR count). The van der Waals surface area contributed by atoms with E-state index in [0.717, 1.165) is 25.3 Å². The number of aliphatic hydroxyl groups excluding tert-OH is 1. The van der Waals surface area contributed by atoms with E-state index in [2.05, 4.69) is 5.32 Å². The zero-order valence-corrected chi connectivity index (χ0v) is 10.0. The first-order valence-electron chi connectivity index (χ1n) is 6.12. The van der Waals surface area contributed by atoms with Crippen LogP contribution in [0.4, 0.5) is 10.1 Å². The van der Waals surface area contributed by atoms with Crippen molar-refractivity contribution in [2.75, 3.05) is 5.73 Å². The highest BCUT2D eigenvalue weighted by Gasteiger charge is 2.25. The molecule has 1 aliphatic rings. The molecule has 1 aromatic carbocycles. The summed E-state index contributed by atoms with van der Waals surface area (Å²) in [6.45, 7) is 0. The Hall–Kier alpha value is -1.62. The molecular formula is C13H17FN2O2. The Morgan fingerprint density at radius 2 is 2.11 bits per heavy atom. The van der Waals surface area contributed by atoms with Gasteiger partial charge in [-0.25, -0.2) is 4.39 Å². The first-order chi connectivity index (χ1) is 8.58. The molecule has 4 N–H and O–H groups in total. The van der Waals surface area contributed by atoms with E-state index in [0.29, 0.717) is 6.42 Å². The number of amides is 1. The minimum absolute atomic E-state index is 0.118. The average Bonchev–Trinajstić information content (AvgIpc) is 2.35. The van der Waals surface area contributed by atoms with Crippen LogP contribution in [0.25, 0.3) is 0 Å². The van der Waals surface area contributed by atoms with Crippen molar-refractivity contribution in [2.24, 2.45) is 0 Å².